The first-order valence-corrected chi connectivity index (χ1v) is 10.0. The molecule has 0 bridgehead atoms. The van der Waals surface area contributed by atoms with Crippen molar-refractivity contribution in [3.8, 4) is 5.75 Å². The lowest BCUT2D eigenvalue weighted by Gasteiger charge is -2.16. The summed E-state index contributed by atoms with van der Waals surface area (Å²) in [6.45, 7) is 2.20. The molecule has 1 aliphatic carbocycles. The number of benzene rings is 1. The number of rotatable bonds is 7. The number of halogens is 1. The summed E-state index contributed by atoms with van der Waals surface area (Å²) < 4.78 is 7.57. The zero-order valence-electron chi connectivity index (χ0n) is 14.9. The van der Waals surface area contributed by atoms with Crippen LogP contribution in [0.2, 0.25) is 5.02 Å². The minimum Gasteiger partial charge on any atom is -0.486 e. The molecule has 1 saturated carbocycles. The molecule has 1 heterocycles. The quantitative estimate of drug-likeness (QED) is 0.727. The monoisotopic (exact) mass is 394 g/mol. The molecule has 1 aliphatic rings. The number of thioether (sulfide) groups is 1. The topological polar surface area (TPSA) is 69.0 Å². The largest absolute Gasteiger partial charge is 0.486 e. The van der Waals surface area contributed by atoms with Crippen molar-refractivity contribution in [1.82, 2.24) is 20.1 Å². The van der Waals surface area contributed by atoms with Gasteiger partial charge in [-0.15, -0.1) is 10.2 Å². The van der Waals surface area contributed by atoms with E-state index >= 15 is 0 Å². The summed E-state index contributed by atoms with van der Waals surface area (Å²) >= 11 is 7.28. The molecule has 1 amide bonds. The number of aromatic nitrogens is 3. The molecular formula is C18H23ClN4O2S. The highest BCUT2D eigenvalue weighted by Gasteiger charge is 2.23. The Morgan fingerprint density at radius 2 is 2.04 bits per heavy atom. The van der Waals surface area contributed by atoms with Crippen molar-refractivity contribution in [3.63, 3.8) is 0 Å². The lowest BCUT2D eigenvalue weighted by Crippen LogP contribution is -2.37. The number of hydrogen-bond donors (Lipinski definition) is 1. The zero-order chi connectivity index (χ0) is 18.5. The predicted octanol–water partition coefficient (Wildman–Crippen LogP) is 3.59. The van der Waals surface area contributed by atoms with Gasteiger partial charge in [-0.05, 0) is 44.0 Å². The second-order valence-electron chi connectivity index (χ2n) is 6.45. The highest BCUT2D eigenvalue weighted by Crippen LogP contribution is 2.24. The SMILES string of the molecule is C[C@H](Sc1nnc(COc2ccc(Cl)cc2)n1C)C(=O)NC1CCCC1. The third kappa shape index (κ3) is 4.92. The van der Waals surface area contributed by atoms with Crippen LogP contribution in [0.4, 0.5) is 0 Å². The predicted molar refractivity (Wildman–Crippen MR) is 103 cm³/mol. The van der Waals surface area contributed by atoms with Crippen LogP contribution in [-0.2, 0) is 18.4 Å². The van der Waals surface area contributed by atoms with Crippen molar-refractivity contribution < 1.29 is 9.53 Å². The summed E-state index contributed by atoms with van der Waals surface area (Å²) in [7, 11) is 1.88. The Hall–Kier alpha value is -1.73. The standard InChI is InChI=1S/C18H23ClN4O2S/c1-12(17(24)20-14-5-3-4-6-14)26-18-22-21-16(23(18)2)11-25-15-9-7-13(19)8-10-15/h7-10,12,14H,3-6,11H2,1-2H3,(H,20,24)/t12-/m0/s1. The fourth-order valence-electron chi connectivity index (χ4n) is 2.85. The molecule has 6 nitrogen and oxygen atoms in total. The Balaban J connectivity index is 1.54. The van der Waals surface area contributed by atoms with Crippen LogP contribution in [-0.4, -0.2) is 32.0 Å². The van der Waals surface area contributed by atoms with Crippen molar-refractivity contribution in [2.24, 2.45) is 7.05 Å². The van der Waals surface area contributed by atoms with Crippen LogP contribution < -0.4 is 10.1 Å². The van der Waals surface area contributed by atoms with Gasteiger partial charge in [0.25, 0.3) is 0 Å². The zero-order valence-corrected chi connectivity index (χ0v) is 16.5. The van der Waals surface area contributed by atoms with E-state index in [1.165, 1.54) is 24.6 Å². The summed E-state index contributed by atoms with van der Waals surface area (Å²) in [5.41, 5.74) is 0. The lowest BCUT2D eigenvalue weighted by molar-refractivity contribution is -0.120. The average molecular weight is 395 g/mol. The number of amides is 1. The molecule has 1 N–H and O–H groups in total. The van der Waals surface area contributed by atoms with Crippen LogP contribution in [0.1, 0.15) is 38.4 Å². The number of carbonyl (C=O) groups excluding carboxylic acids is 1. The minimum atomic E-state index is -0.219. The fraction of sp³-hybridized carbons (Fsp3) is 0.500. The van der Waals surface area contributed by atoms with Crippen molar-refractivity contribution >= 4 is 29.3 Å². The molecule has 1 aromatic carbocycles. The minimum absolute atomic E-state index is 0.0591. The third-order valence-electron chi connectivity index (χ3n) is 4.46. The second kappa shape index (κ2) is 8.77. The summed E-state index contributed by atoms with van der Waals surface area (Å²) in [5, 5.41) is 12.6. The molecule has 2 aromatic rings. The van der Waals surface area contributed by atoms with Crippen LogP contribution in [0.25, 0.3) is 0 Å². The van der Waals surface area contributed by atoms with Gasteiger partial charge in [-0.25, -0.2) is 0 Å². The van der Waals surface area contributed by atoms with E-state index in [4.69, 9.17) is 16.3 Å². The van der Waals surface area contributed by atoms with E-state index in [2.05, 4.69) is 15.5 Å². The number of nitrogens with zero attached hydrogens (tertiary/aromatic N) is 3. The van der Waals surface area contributed by atoms with E-state index in [-0.39, 0.29) is 11.2 Å². The molecule has 0 unspecified atom stereocenters. The molecule has 3 rings (SSSR count). The van der Waals surface area contributed by atoms with Crippen LogP contribution in [0.3, 0.4) is 0 Å². The molecule has 1 atom stereocenters. The van der Waals surface area contributed by atoms with Gasteiger partial charge in [-0.1, -0.05) is 36.2 Å². The van der Waals surface area contributed by atoms with E-state index in [9.17, 15) is 4.79 Å². The first kappa shape index (κ1) is 19.0. The van der Waals surface area contributed by atoms with Crippen molar-refractivity contribution in [1.29, 1.82) is 0 Å². The molecular weight excluding hydrogens is 372 g/mol. The average Bonchev–Trinajstić information content (AvgIpc) is 3.25. The Kier molecular flexibility index (Phi) is 6.43. The summed E-state index contributed by atoms with van der Waals surface area (Å²) in [6.07, 6.45) is 4.57. The van der Waals surface area contributed by atoms with E-state index in [0.29, 0.717) is 28.7 Å². The van der Waals surface area contributed by atoms with Crippen molar-refractivity contribution in [2.45, 2.75) is 55.7 Å². The maximum Gasteiger partial charge on any atom is 0.233 e. The van der Waals surface area contributed by atoms with Crippen molar-refractivity contribution in [2.75, 3.05) is 0 Å². The van der Waals surface area contributed by atoms with Gasteiger partial charge in [-0.2, -0.15) is 0 Å². The second-order valence-corrected chi connectivity index (χ2v) is 8.19. The summed E-state index contributed by atoms with van der Waals surface area (Å²) in [4.78, 5) is 12.3. The Labute approximate surface area is 162 Å². The molecule has 1 fully saturated rings. The smallest absolute Gasteiger partial charge is 0.233 e. The van der Waals surface area contributed by atoms with Crippen LogP contribution >= 0.6 is 23.4 Å². The number of nitrogens with one attached hydrogen (secondary N) is 1. The van der Waals surface area contributed by atoms with Gasteiger partial charge in [0.1, 0.15) is 12.4 Å². The number of carbonyl (C=O) groups is 1. The van der Waals surface area contributed by atoms with E-state index in [1.807, 2.05) is 30.7 Å². The first-order valence-electron chi connectivity index (χ1n) is 8.76. The molecule has 26 heavy (non-hydrogen) atoms. The number of hydrogen-bond acceptors (Lipinski definition) is 5. The normalized spacial score (nSPS) is 15.8. The van der Waals surface area contributed by atoms with Crippen molar-refractivity contribution in [3.05, 3.63) is 35.1 Å². The molecule has 0 spiro atoms. The maximum atomic E-state index is 12.3. The Morgan fingerprint density at radius 3 is 2.73 bits per heavy atom. The van der Waals surface area contributed by atoms with Gasteiger partial charge in [0.2, 0.25) is 5.91 Å². The Morgan fingerprint density at radius 1 is 1.35 bits per heavy atom. The van der Waals surface area contributed by atoms with E-state index in [1.54, 1.807) is 12.1 Å². The number of ether oxygens (including phenoxy) is 1. The van der Waals surface area contributed by atoms with Crippen LogP contribution in [0.5, 0.6) is 5.75 Å². The summed E-state index contributed by atoms with van der Waals surface area (Å²) in [6, 6.07) is 7.50. The Bertz CT molecular complexity index is 744. The van der Waals surface area contributed by atoms with Crippen LogP contribution in [0.15, 0.2) is 29.4 Å². The molecule has 0 radical (unpaired) electrons. The molecule has 1 aromatic heterocycles. The van der Waals surface area contributed by atoms with E-state index in [0.717, 1.165) is 18.6 Å². The van der Waals surface area contributed by atoms with Gasteiger partial charge in [0.05, 0.1) is 5.25 Å². The van der Waals surface area contributed by atoms with Crippen LogP contribution in [0, 0.1) is 0 Å². The third-order valence-corrected chi connectivity index (χ3v) is 5.85. The lowest BCUT2D eigenvalue weighted by atomic mass is 10.2. The fourth-order valence-corrected chi connectivity index (χ4v) is 3.82. The maximum absolute atomic E-state index is 12.3. The summed E-state index contributed by atoms with van der Waals surface area (Å²) in [5.74, 6) is 1.48. The van der Waals surface area contributed by atoms with Gasteiger partial charge in [0, 0.05) is 18.1 Å². The highest BCUT2D eigenvalue weighted by atomic mass is 35.5. The molecule has 140 valence electrons. The van der Waals surface area contributed by atoms with Gasteiger partial charge in [0.15, 0.2) is 11.0 Å². The molecule has 0 aliphatic heterocycles. The molecule has 0 saturated heterocycles. The van der Waals surface area contributed by atoms with Gasteiger partial charge in [-0.3, -0.25) is 4.79 Å². The molecule has 8 heteroatoms. The highest BCUT2D eigenvalue weighted by molar-refractivity contribution is 8.00. The van der Waals surface area contributed by atoms with Gasteiger partial charge < -0.3 is 14.6 Å². The van der Waals surface area contributed by atoms with E-state index < -0.39 is 0 Å². The van der Waals surface area contributed by atoms with Gasteiger partial charge >= 0.3 is 0 Å². The first-order chi connectivity index (χ1) is 12.5.